The molecular weight excluding hydrogens is 192 g/mol. The van der Waals surface area contributed by atoms with Crippen LogP contribution in [0, 0.1) is 0 Å². The number of ether oxygens (including phenoxy) is 2. The van der Waals surface area contributed by atoms with Gasteiger partial charge in [0.1, 0.15) is 11.5 Å². The number of hydrogen-bond donors (Lipinski definition) is 0. The Balaban J connectivity index is 2.07. The molecular formula is C9H15ClO3. The molecule has 0 aromatic rings. The van der Waals surface area contributed by atoms with Crippen LogP contribution in [0.4, 0.5) is 0 Å². The van der Waals surface area contributed by atoms with Gasteiger partial charge in [0.25, 0.3) is 0 Å². The monoisotopic (exact) mass is 206 g/mol. The van der Waals surface area contributed by atoms with E-state index in [1.165, 1.54) is 0 Å². The van der Waals surface area contributed by atoms with Crippen LogP contribution in [0.3, 0.4) is 0 Å². The van der Waals surface area contributed by atoms with E-state index in [2.05, 4.69) is 6.92 Å². The van der Waals surface area contributed by atoms with Gasteiger partial charge < -0.3 is 9.47 Å². The molecule has 76 valence electrons. The number of rotatable bonds is 5. The summed E-state index contributed by atoms with van der Waals surface area (Å²) in [5, 5.41) is -0.472. The van der Waals surface area contributed by atoms with Crippen LogP contribution in [0.15, 0.2) is 0 Å². The molecule has 0 aromatic carbocycles. The minimum Gasteiger partial charge on any atom is -0.459 e. The third-order valence-electron chi connectivity index (χ3n) is 1.95. The summed E-state index contributed by atoms with van der Waals surface area (Å²) >= 11 is 5.67. The van der Waals surface area contributed by atoms with Crippen molar-refractivity contribution < 1.29 is 14.3 Å². The summed E-state index contributed by atoms with van der Waals surface area (Å²) in [7, 11) is 0. The first-order valence-electron chi connectivity index (χ1n) is 4.66. The Hall–Kier alpha value is -0.280. The molecule has 1 fully saturated rings. The van der Waals surface area contributed by atoms with Gasteiger partial charge in [-0.3, -0.25) is 4.79 Å². The molecule has 1 rings (SSSR count). The topological polar surface area (TPSA) is 35.5 Å². The molecule has 0 saturated carbocycles. The van der Waals surface area contributed by atoms with Gasteiger partial charge in [0.05, 0.1) is 6.61 Å². The van der Waals surface area contributed by atoms with Crippen molar-refractivity contribution in [3.8, 4) is 0 Å². The Morgan fingerprint density at radius 1 is 1.69 bits per heavy atom. The first-order valence-corrected chi connectivity index (χ1v) is 5.10. The van der Waals surface area contributed by atoms with Crippen LogP contribution in [0.25, 0.3) is 0 Å². The maximum Gasteiger partial charge on any atom is 0.324 e. The van der Waals surface area contributed by atoms with Gasteiger partial charge in [-0.2, -0.15) is 0 Å². The lowest BCUT2D eigenvalue weighted by Crippen LogP contribution is -2.15. The Labute approximate surface area is 83.3 Å². The number of halogens is 1. The molecule has 2 atom stereocenters. The quantitative estimate of drug-likeness (QED) is 0.391. The summed E-state index contributed by atoms with van der Waals surface area (Å²) in [5.41, 5.74) is 0. The molecule has 0 bridgehead atoms. The van der Waals surface area contributed by atoms with Gasteiger partial charge in [-0.05, 0) is 6.42 Å². The second-order valence-corrected chi connectivity index (χ2v) is 3.72. The van der Waals surface area contributed by atoms with E-state index in [9.17, 15) is 4.79 Å². The molecule has 1 aliphatic rings. The van der Waals surface area contributed by atoms with E-state index < -0.39 is 5.38 Å². The first kappa shape index (κ1) is 10.8. The Morgan fingerprint density at radius 3 is 3.00 bits per heavy atom. The Bertz CT molecular complexity index is 172. The zero-order chi connectivity index (χ0) is 9.68. The normalized spacial score (nSPS) is 27.7. The molecule has 13 heavy (non-hydrogen) atoms. The van der Waals surface area contributed by atoms with Gasteiger partial charge in [0.15, 0.2) is 0 Å². The zero-order valence-corrected chi connectivity index (χ0v) is 8.55. The van der Waals surface area contributed by atoms with E-state index in [0.29, 0.717) is 13.0 Å². The summed E-state index contributed by atoms with van der Waals surface area (Å²) < 4.78 is 10.3. The summed E-state index contributed by atoms with van der Waals surface area (Å²) in [6.45, 7) is 3.32. The highest BCUT2D eigenvalue weighted by atomic mass is 35.5. The average Bonchev–Trinajstić information content (AvgIpc) is 2.41. The molecule has 2 unspecified atom stereocenters. The van der Waals surface area contributed by atoms with Crippen molar-refractivity contribution in [2.45, 2.75) is 37.7 Å². The maximum absolute atomic E-state index is 10.9. The van der Waals surface area contributed by atoms with Crippen LogP contribution < -0.4 is 0 Å². The van der Waals surface area contributed by atoms with E-state index in [1.54, 1.807) is 0 Å². The van der Waals surface area contributed by atoms with Gasteiger partial charge in [0, 0.05) is 13.0 Å². The lowest BCUT2D eigenvalue weighted by molar-refractivity contribution is -0.143. The van der Waals surface area contributed by atoms with Crippen molar-refractivity contribution in [2.24, 2.45) is 0 Å². The van der Waals surface area contributed by atoms with Crippen molar-refractivity contribution >= 4 is 17.6 Å². The molecule has 0 aliphatic carbocycles. The highest BCUT2D eigenvalue weighted by Crippen LogP contribution is 2.19. The minimum atomic E-state index is -0.472. The fourth-order valence-corrected chi connectivity index (χ4v) is 1.43. The van der Waals surface area contributed by atoms with Crippen molar-refractivity contribution in [3.63, 3.8) is 0 Å². The average molecular weight is 207 g/mol. The molecule has 1 heterocycles. The largest absolute Gasteiger partial charge is 0.459 e. The van der Waals surface area contributed by atoms with Crippen LogP contribution in [0.5, 0.6) is 0 Å². The van der Waals surface area contributed by atoms with E-state index in [-0.39, 0.29) is 12.1 Å². The number of hydrogen-bond acceptors (Lipinski definition) is 3. The zero-order valence-electron chi connectivity index (χ0n) is 7.79. The molecule has 0 N–H and O–H groups in total. The standard InChI is InChI=1S/C9H15ClO3/c1-2-3-4-12-6-7-5-8(10)9(11)13-7/h7-8H,2-6H2,1H3. The van der Waals surface area contributed by atoms with Crippen LogP contribution in [-0.2, 0) is 14.3 Å². The molecule has 0 spiro atoms. The number of unbranched alkanes of at least 4 members (excludes halogenated alkanes) is 1. The summed E-state index contributed by atoms with van der Waals surface area (Å²) in [6, 6.07) is 0. The van der Waals surface area contributed by atoms with Crippen LogP contribution in [0.1, 0.15) is 26.2 Å². The lowest BCUT2D eigenvalue weighted by Gasteiger charge is -2.08. The summed E-state index contributed by atoms with van der Waals surface area (Å²) in [5.74, 6) is -0.314. The van der Waals surface area contributed by atoms with Gasteiger partial charge in [-0.25, -0.2) is 0 Å². The van der Waals surface area contributed by atoms with E-state index in [4.69, 9.17) is 21.1 Å². The van der Waals surface area contributed by atoms with E-state index in [0.717, 1.165) is 19.4 Å². The molecule has 0 aromatic heterocycles. The number of esters is 1. The highest BCUT2D eigenvalue weighted by molar-refractivity contribution is 6.30. The molecule has 4 heteroatoms. The van der Waals surface area contributed by atoms with Gasteiger partial charge in [-0.15, -0.1) is 11.6 Å². The molecule has 1 saturated heterocycles. The third-order valence-corrected chi connectivity index (χ3v) is 2.31. The predicted octanol–water partition coefficient (Wildman–Crippen LogP) is 1.73. The van der Waals surface area contributed by atoms with E-state index >= 15 is 0 Å². The van der Waals surface area contributed by atoms with Gasteiger partial charge >= 0.3 is 5.97 Å². The van der Waals surface area contributed by atoms with Crippen molar-refractivity contribution in [1.82, 2.24) is 0 Å². The van der Waals surface area contributed by atoms with Crippen LogP contribution in [0.2, 0.25) is 0 Å². The predicted molar refractivity (Wildman–Crippen MR) is 49.9 cm³/mol. The highest BCUT2D eigenvalue weighted by Gasteiger charge is 2.32. The van der Waals surface area contributed by atoms with E-state index in [1.807, 2.05) is 0 Å². The van der Waals surface area contributed by atoms with Crippen LogP contribution in [-0.4, -0.2) is 30.7 Å². The fraction of sp³-hybridized carbons (Fsp3) is 0.889. The third kappa shape index (κ3) is 3.53. The molecule has 0 radical (unpaired) electrons. The van der Waals surface area contributed by atoms with Crippen molar-refractivity contribution in [3.05, 3.63) is 0 Å². The maximum atomic E-state index is 10.9. The molecule has 0 amide bonds. The Morgan fingerprint density at radius 2 is 2.46 bits per heavy atom. The number of carbonyl (C=O) groups is 1. The number of carbonyl (C=O) groups excluding carboxylic acids is 1. The van der Waals surface area contributed by atoms with Crippen LogP contribution >= 0.6 is 11.6 Å². The van der Waals surface area contributed by atoms with Gasteiger partial charge in [0.2, 0.25) is 0 Å². The Kier molecular flexibility index (Phi) is 4.53. The summed E-state index contributed by atoms with van der Waals surface area (Å²) in [4.78, 5) is 10.9. The number of cyclic esters (lactones) is 1. The SMILES string of the molecule is CCCCOCC1CC(Cl)C(=O)O1. The first-order chi connectivity index (χ1) is 6.24. The smallest absolute Gasteiger partial charge is 0.324 e. The fourth-order valence-electron chi connectivity index (χ4n) is 1.18. The van der Waals surface area contributed by atoms with Gasteiger partial charge in [-0.1, -0.05) is 13.3 Å². The van der Waals surface area contributed by atoms with Crippen molar-refractivity contribution in [2.75, 3.05) is 13.2 Å². The summed E-state index contributed by atoms with van der Waals surface area (Å²) in [6.07, 6.45) is 2.60. The number of alkyl halides is 1. The lowest BCUT2D eigenvalue weighted by atomic mass is 10.2. The van der Waals surface area contributed by atoms with Crippen molar-refractivity contribution in [1.29, 1.82) is 0 Å². The molecule has 1 aliphatic heterocycles. The minimum absolute atomic E-state index is 0.133. The molecule has 3 nitrogen and oxygen atoms in total. The second-order valence-electron chi connectivity index (χ2n) is 3.19. The second kappa shape index (κ2) is 5.45.